The fraction of sp³-hybridized carbons (Fsp3) is 0.600. The van der Waals surface area contributed by atoms with Crippen LogP contribution in [0.5, 0.6) is 5.75 Å². The number of benzene rings is 1. The average Bonchev–Trinajstić information content (AvgIpc) is 2.42. The molecular weight excluding hydrogens is 242 g/mol. The molecule has 1 aromatic carbocycles. The molecule has 0 bridgehead atoms. The highest BCUT2D eigenvalue weighted by atomic mass is 16.5. The van der Waals surface area contributed by atoms with Gasteiger partial charge in [-0.05, 0) is 37.6 Å². The van der Waals surface area contributed by atoms with E-state index in [0.717, 1.165) is 25.3 Å². The maximum Gasteiger partial charge on any atom is 0.119 e. The fourth-order valence-corrected chi connectivity index (χ4v) is 1.66. The third-order valence-electron chi connectivity index (χ3n) is 2.82. The Morgan fingerprint density at radius 3 is 2.53 bits per heavy atom. The first-order valence-corrected chi connectivity index (χ1v) is 6.71. The Kier molecular flexibility index (Phi) is 6.84. The summed E-state index contributed by atoms with van der Waals surface area (Å²) in [5.41, 5.74) is 0.360. The van der Waals surface area contributed by atoms with Gasteiger partial charge in [-0.3, -0.25) is 0 Å². The lowest BCUT2D eigenvalue weighted by atomic mass is 10.1. The van der Waals surface area contributed by atoms with E-state index in [1.807, 2.05) is 31.2 Å². The summed E-state index contributed by atoms with van der Waals surface area (Å²) in [5, 5.41) is 13.2. The van der Waals surface area contributed by atoms with Gasteiger partial charge < -0.3 is 19.9 Å². The van der Waals surface area contributed by atoms with Crippen LogP contribution in [-0.4, -0.2) is 44.1 Å². The average molecular weight is 267 g/mol. The van der Waals surface area contributed by atoms with E-state index in [0.29, 0.717) is 6.54 Å². The Morgan fingerprint density at radius 1 is 1.26 bits per heavy atom. The molecule has 0 saturated carbocycles. The molecule has 0 radical (unpaired) electrons. The summed E-state index contributed by atoms with van der Waals surface area (Å²) < 4.78 is 10.6. The van der Waals surface area contributed by atoms with Gasteiger partial charge in [0.05, 0.1) is 6.61 Å². The van der Waals surface area contributed by atoms with E-state index in [2.05, 4.69) is 5.32 Å². The van der Waals surface area contributed by atoms with Crippen LogP contribution in [0.3, 0.4) is 0 Å². The van der Waals surface area contributed by atoms with Gasteiger partial charge in [0, 0.05) is 13.7 Å². The topological polar surface area (TPSA) is 50.7 Å². The highest BCUT2D eigenvalue weighted by molar-refractivity contribution is 5.27. The summed E-state index contributed by atoms with van der Waals surface area (Å²) in [5.74, 6) is 0.776. The van der Waals surface area contributed by atoms with Crippen molar-refractivity contribution in [1.29, 1.82) is 0 Å². The predicted molar refractivity (Wildman–Crippen MR) is 76.7 cm³/mol. The van der Waals surface area contributed by atoms with E-state index < -0.39 is 5.60 Å². The molecule has 19 heavy (non-hydrogen) atoms. The summed E-state index contributed by atoms with van der Waals surface area (Å²) >= 11 is 0. The smallest absolute Gasteiger partial charge is 0.119 e. The summed E-state index contributed by atoms with van der Waals surface area (Å²) in [6.45, 7) is 6.13. The molecule has 0 saturated heterocycles. The van der Waals surface area contributed by atoms with Crippen molar-refractivity contribution in [2.75, 3.05) is 33.4 Å². The molecule has 0 heterocycles. The molecule has 0 aliphatic rings. The van der Waals surface area contributed by atoms with E-state index in [9.17, 15) is 5.11 Å². The zero-order valence-corrected chi connectivity index (χ0v) is 12.1. The van der Waals surface area contributed by atoms with Crippen molar-refractivity contribution in [3.05, 3.63) is 29.8 Å². The molecule has 1 aromatic rings. The normalized spacial score (nSPS) is 14.1. The Balaban J connectivity index is 2.40. The molecule has 2 N–H and O–H groups in total. The SMILES string of the molecule is CCNCC(C)(O)COc1ccc(CCOC)cc1. The first-order chi connectivity index (χ1) is 9.07. The number of rotatable bonds is 9. The Hall–Kier alpha value is -1.10. The van der Waals surface area contributed by atoms with Gasteiger partial charge in [-0.15, -0.1) is 0 Å². The van der Waals surface area contributed by atoms with Crippen molar-refractivity contribution < 1.29 is 14.6 Å². The number of likely N-dealkylation sites (N-methyl/N-ethyl adjacent to an activating group) is 1. The largest absolute Gasteiger partial charge is 0.491 e. The van der Waals surface area contributed by atoms with E-state index >= 15 is 0 Å². The van der Waals surface area contributed by atoms with Gasteiger partial charge in [0.15, 0.2) is 0 Å². The lowest BCUT2D eigenvalue weighted by Crippen LogP contribution is -2.42. The third-order valence-corrected chi connectivity index (χ3v) is 2.82. The number of hydrogen-bond donors (Lipinski definition) is 2. The van der Waals surface area contributed by atoms with Gasteiger partial charge in [-0.25, -0.2) is 0 Å². The summed E-state index contributed by atoms with van der Waals surface area (Å²) in [6, 6.07) is 7.89. The van der Waals surface area contributed by atoms with E-state index in [1.165, 1.54) is 5.56 Å². The van der Waals surface area contributed by atoms with Crippen LogP contribution >= 0.6 is 0 Å². The Morgan fingerprint density at radius 2 is 1.95 bits per heavy atom. The second-order valence-electron chi connectivity index (χ2n) is 4.95. The molecule has 0 aromatic heterocycles. The van der Waals surface area contributed by atoms with E-state index in [1.54, 1.807) is 14.0 Å². The number of methoxy groups -OCH3 is 1. The van der Waals surface area contributed by atoms with Crippen LogP contribution in [0.1, 0.15) is 19.4 Å². The number of hydrogen-bond acceptors (Lipinski definition) is 4. The third kappa shape index (κ3) is 6.57. The fourth-order valence-electron chi connectivity index (χ4n) is 1.66. The maximum atomic E-state index is 10.1. The van der Waals surface area contributed by atoms with Crippen molar-refractivity contribution >= 4 is 0 Å². The summed E-state index contributed by atoms with van der Waals surface area (Å²) in [4.78, 5) is 0. The van der Waals surface area contributed by atoms with Crippen LogP contribution in [0.2, 0.25) is 0 Å². The molecule has 0 fully saturated rings. The second-order valence-corrected chi connectivity index (χ2v) is 4.95. The van der Waals surface area contributed by atoms with Gasteiger partial charge >= 0.3 is 0 Å². The first kappa shape index (κ1) is 16.0. The number of nitrogens with one attached hydrogen (secondary N) is 1. The van der Waals surface area contributed by atoms with Crippen LogP contribution in [-0.2, 0) is 11.2 Å². The standard InChI is InChI=1S/C15H25NO3/c1-4-16-11-15(2,17)12-19-14-7-5-13(6-8-14)9-10-18-3/h5-8,16-17H,4,9-12H2,1-3H3. The zero-order chi connectivity index (χ0) is 14.1. The highest BCUT2D eigenvalue weighted by Crippen LogP contribution is 2.14. The minimum Gasteiger partial charge on any atom is -0.491 e. The first-order valence-electron chi connectivity index (χ1n) is 6.71. The van der Waals surface area contributed by atoms with E-state index in [-0.39, 0.29) is 6.61 Å². The molecule has 0 aliphatic heterocycles. The number of ether oxygens (including phenoxy) is 2. The molecule has 1 rings (SSSR count). The summed E-state index contributed by atoms with van der Waals surface area (Å²) in [6.07, 6.45) is 0.898. The quantitative estimate of drug-likeness (QED) is 0.714. The van der Waals surface area contributed by atoms with Gasteiger partial charge in [-0.1, -0.05) is 19.1 Å². The Bertz CT molecular complexity index is 349. The van der Waals surface area contributed by atoms with Crippen LogP contribution in [0.25, 0.3) is 0 Å². The minimum atomic E-state index is -0.856. The summed E-state index contributed by atoms with van der Waals surface area (Å²) in [7, 11) is 1.70. The van der Waals surface area contributed by atoms with Crippen molar-refractivity contribution in [2.24, 2.45) is 0 Å². The van der Waals surface area contributed by atoms with E-state index in [4.69, 9.17) is 9.47 Å². The van der Waals surface area contributed by atoms with Crippen LogP contribution in [0, 0.1) is 0 Å². The lowest BCUT2D eigenvalue weighted by Gasteiger charge is -2.23. The van der Waals surface area contributed by atoms with Gasteiger partial charge in [0.1, 0.15) is 18.0 Å². The van der Waals surface area contributed by atoms with Crippen LogP contribution < -0.4 is 10.1 Å². The minimum absolute atomic E-state index is 0.275. The second kappa shape index (κ2) is 8.15. The predicted octanol–water partition coefficient (Wildman–Crippen LogP) is 1.61. The number of aliphatic hydroxyl groups is 1. The molecule has 4 heteroatoms. The molecule has 0 amide bonds. The monoisotopic (exact) mass is 267 g/mol. The lowest BCUT2D eigenvalue weighted by molar-refractivity contribution is 0.0127. The van der Waals surface area contributed by atoms with Crippen molar-refractivity contribution in [3.8, 4) is 5.75 Å². The Labute approximate surface area is 115 Å². The van der Waals surface area contributed by atoms with Gasteiger partial charge in [0.25, 0.3) is 0 Å². The van der Waals surface area contributed by atoms with Crippen molar-refractivity contribution in [1.82, 2.24) is 5.32 Å². The van der Waals surface area contributed by atoms with Crippen molar-refractivity contribution in [3.63, 3.8) is 0 Å². The highest BCUT2D eigenvalue weighted by Gasteiger charge is 2.20. The molecule has 0 aliphatic carbocycles. The molecule has 0 spiro atoms. The molecule has 1 atom stereocenters. The van der Waals surface area contributed by atoms with Crippen LogP contribution in [0.15, 0.2) is 24.3 Å². The van der Waals surface area contributed by atoms with Gasteiger partial charge in [-0.2, -0.15) is 0 Å². The van der Waals surface area contributed by atoms with Crippen LogP contribution in [0.4, 0.5) is 0 Å². The van der Waals surface area contributed by atoms with Gasteiger partial charge in [0.2, 0.25) is 0 Å². The molecular formula is C15H25NO3. The maximum absolute atomic E-state index is 10.1. The molecule has 4 nitrogen and oxygen atoms in total. The molecule has 1 unspecified atom stereocenters. The molecule has 108 valence electrons. The zero-order valence-electron chi connectivity index (χ0n) is 12.1. The van der Waals surface area contributed by atoms with Crippen molar-refractivity contribution in [2.45, 2.75) is 25.9 Å².